The van der Waals surface area contributed by atoms with Crippen molar-refractivity contribution >= 4 is 17.5 Å². The van der Waals surface area contributed by atoms with Crippen LogP contribution in [0, 0.1) is 0 Å². The molecule has 0 spiro atoms. The second-order valence-corrected chi connectivity index (χ2v) is 5.73. The Morgan fingerprint density at radius 2 is 1.72 bits per heavy atom. The molecule has 5 nitrogen and oxygen atoms in total. The van der Waals surface area contributed by atoms with Gasteiger partial charge >= 0.3 is 0 Å². The zero-order valence-electron chi connectivity index (χ0n) is 14.9. The maximum atomic E-state index is 12.4. The van der Waals surface area contributed by atoms with E-state index in [0.29, 0.717) is 12.3 Å². The fourth-order valence-corrected chi connectivity index (χ4v) is 2.53. The number of nitrogens with one attached hydrogen (secondary N) is 1. The molecule has 1 unspecified atom stereocenters. The van der Waals surface area contributed by atoms with Crippen molar-refractivity contribution < 1.29 is 14.3 Å². The van der Waals surface area contributed by atoms with Gasteiger partial charge in [-0.3, -0.25) is 9.59 Å². The van der Waals surface area contributed by atoms with Gasteiger partial charge in [0.1, 0.15) is 12.3 Å². The van der Waals surface area contributed by atoms with E-state index in [-0.39, 0.29) is 24.4 Å². The molecule has 0 saturated heterocycles. The topological polar surface area (TPSA) is 58.6 Å². The first-order valence-corrected chi connectivity index (χ1v) is 8.36. The number of hydrogen-bond acceptors (Lipinski definition) is 3. The van der Waals surface area contributed by atoms with Crippen molar-refractivity contribution in [2.45, 2.75) is 26.8 Å². The molecule has 25 heavy (non-hydrogen) atoms. The van der Waals surface area contributed by atoms with Gasteiger partial charge in [0.15, 0.2) is 0 Å². The number of carbonyl (C=O) groups is 2. The lowest BCUT2D eigenvalue weighted by Crippen LogP contribution is -2.40. The van der Waals surface area contributed by atoms with E-state index < -0.39 is 0 Å². The molecule has 2 aromatic rings. The van der Waals surface area contributed by atoms with Gasteiger partial charge in [-0.2, -0.15) is 0 Å². The van der Waals surface area contributed by atoms with Crippen molar-refractivity contribution in [2.75, 3.05) is 18.1 Å². The third kappa shape index (κ3) is 5.35. The summed E-state index contributed by atoms with van der Waals surface area (Å²) in [7, 11) is 0. The quantitative estimate of drug-likeness (QED) is 0.841. The molecule has 1 N–H and O–H groups in total. The van der Waals surface area contributed by atoms with Crippen LogP contribution in [-0.4, -0.2) is 25.0 Å². The highest BCUT2D eigenvalue weighted by Crippen LogP contribution is 2.20. The molecule has 5 heteroatoms. The average molecular weight is 340 g/mol. The fraction of sp³-hybridized carbons (Fsp3) is 0.300. The number of amides is 2. The number of benzene rings is 2. The SMILES string of the molecule is CCOc1ccc(N(CC(=O)NC(C)c2ccccc2)C(C)=O)cc1. The van der Waals surface area contributed by atoms with E-state index in [1.54, 1.807) is 24.3 Å². The Kier molecular flexibility index (Phi) is 6.57. The molecule has 0 saturated carbocycles. The van der Waals surface area contributed by atoms with Gasteiger partial charge in [-0.15, -0.1) is 0 Å². The second-order valence-electron chi connectivity index (χ2n) is 5.73. The number of hydrogen-bond donors (Lipinski definition) is 1. The minimum atomic E-state index is -0.208. The van der Waals surface area contributed by atoms with Crippen LogP contribution >= 0.6 is 0 Å². The van der Waals surface area contributed by atoms with Crippen LogP contribution in [0.5, 0.6) is 5.75 Å². The summed E-state index contributed by atoms with van der Waals surface area (Å²) in [4.78, 5) is 25.8. The van der Waals surface area contributed by atoms with Gasteiger partial charge in [-0.25, -0.2) is 0 Å². The summed E-state index contributed by atoms with van der Waals surface area (Å²) < 4.78 is 5.40. The first-order valence-electron chi connectivity index (χ1n) is 8.36. The molecule has 0 radical (unpaired) electrons. The summed E-state index contributed by atoms with van der Waals surface area (Å²) in [6.45, 7) is 5.83. The van der Waals surface area contributed by atoms with E-state index in [1.807, 2.05) is 44.2 Å². The summed E-state index contributed by atoms with van der Waals surface area (Å²) in [5.74, 6) is 0.337. The predicted octanol–water partition coefficient (Wildman–Crippen LogP) is 3.32. The molecule has 0 aliphatic heterocycles. The van der Waals surface area contributed by atoms with Gasteiger partial charge in [-0.05, 0) is 43.7 Å². The molecule has 1 atom stereocenters. The Hall–Kier alpha value is -2.82. The molecule has 2 aromatic carbocycles. The Balaban J connectivity index is 2.03. The highest BCUT2D eigenvalue weighted by atomic mass is 16.5. The molecule has 0 fully saturated rings. The lowest BCUT2D eigenvalue weighted by atomic mass is 10.1. The van der Waals surface area contributed by atoms with Crippen molar-refractivity contribution in [1.82, 2.24) is 5.32 Å². The van der Waals surface area contributed by atoms with Crippen molar-refractivity contribution in [1.29, 1.82) is 0 Å². The highest BCUT2D eigenvalue weighted by molar-refractivity contribution is 5.97. The number of ether oxygens (including phenoxy) is 1. The van der Waals surface area contributed by atoms with Crippen molar-refractivity contribution in [3.05, 3.63) is 60.2 Å². The Morgan fingerprint density at radius 3 is 2.28 bits per heavy atom. The predicted molar refractivity (Wildman–Crippen MR) is 98.6 cm³/mol. The van der Waals surface area contributed by atoms with Crippen LogP contribution in [0.3, 0.4) is 0 Å². The Labute approximate surface area is 148 Å². The van der Waals surface area contributed by atoms with E-state index in [9.17, 15) is 9.59 Å². The number of nitrogens with zero attached hydrogens (tertiary/aromatic N) is 1. The normalized spacial score (nSPS) is 11.5. The largest absolute Gasteiger partial charge is 0.494 e. The number of rotatable bonds is 7. The molecule has 0 aliphatic carbocycles. The third-order valence-electron chi connectivity index (χ3n) is 3.82. The van der Waals surface area contributed by atoms with Crippen molar-refractivity contribution in [2.24, 2.45) is 0 Å². The first kappa shape index (κ1) is 18.5. The highest BCUT2D eigenvalue weighted by Gasteiger charge is 2.17. The molecule has 0 heterocycles. The second kappa shape index (κ2) is 8.87. The van der Waals surface area contributed by atoms with Crippen LogP contribution in [-0.2, 0) is 9.59 Å². The zero-order valence-corrected chi connectivity index (χ0v) is 14.9. The van der Waals surface area contributed by atoms with E-state index in [2.05, 4.69) is 5.32 Å². The standard InChI is InChI=1S/C20H24N2O3/c1-4-25-19-12-10-18(11-13-19)22(16(3)23)14-20(24)21-15(2)17-8-6-5-7-9-17/h5-13,15H,4,14H2,1-3H3,(H,21,24). The zero-order chi connectivity index (χ0) is 18.2. The smallest absolute Gasteiger partial charge is 0.240 e. The van der Waals surface area contributed by atoms with Gasteiger partial charge < -0.3 is 15.0 Å². The van der Waals surface area contributed by atoms with Gasteiger partial charge in [0.25, 0.3) is 0 Å². The van der Waals surface area contributed by atoms with E-state index in [4.69, 9.17) is 4.74 Å². The van der Waals surface area contributed by atoms with Gasteiger partial charge in [0.05, 0.1) is 12.6 Å². The average Bonchev–Trinajstić information content (AvgIpc) is 2.61. The fourth-order valence-electron chi connectivity index (χ4n) is 2.53. The summed E-state index contributed by atoms with van der Waals surface area (Å²) >= 11 is 0. The number of anilines is 1. The monoisotopic (exact) mass is 340 g/mol. The van der Waals surface area contributed by atoms with Gasteiger partial charge in [0.2, 0.25) is 11.8 Å². The molecular weight excluding hydrogens is 316 g/mol. The Bertz CT molecular complexity index is 699. The molecule has 2 rings (SSSR count). The van der Waals surface area contributed by atoms with E-state index >= 15 is 0 Å². The summed E-state index contributed by atoms with van der Waals surface area (Å²) in [5, 5.41) is 2.93. The molecule has 0 aromatic heterocycles. The van der Waals surface area contributed by atoms with Crippen LogP contribution in [0.1, 0.15) is 32.4 Å². The molecular formula is C20H24N2O3. The maximum Gasteiger partial charge on any atom is 0.240 e. The van der Waals surface area contributed by atoms with Crippen LogP contribution in [0.15, 0.2) is 54.6 Å². The summed E-state index contributed by atoms with van der Waals surface area (Å²) in [5.41, 5.74) is 1.68. The molecule has 0 aliphatic rings. The minimum absolute atomic E-state index is 0.0273. The molecule has 132 valence electrons. The Morgan fingerprint density at radius 1 is 1.08 bits per heavy atom. The van der Waals surface area contributed by atoms with Crippen LogP contribution in [0.2, 0.25) is 0 Å². The minimum Gasteiger partial charge on any atom is -0.494 e. The van der Waals surface area contributed by atoms with Crippen LogP contribution in [0.25, 0.3) is 0 Å². The summed E-state index contributed by atoms with van der Waals surface area (Å²) in [6, 6.07) is 16.7. The summed E-state index contributed by atoms with van der Waals surface area (Å²) in [6.07, 6.45) is 0. The van der Waals surface area contributed by atoms with Crippen LogP contribution < -0.4 is 15.0 Å². The van der Waals surface area contributed by atoms with Crippen molar-refractivity contribution in [3.8, 4) is 5.75 Å². The van der Waals surface area contributed by atoms with E-state index in [1.165, 1.54) is 11.8 Å². The van der Waals surface area contributed by atoms with Crippen molar-refractivity contribution in [3.63, 3.8) is 0 Å². The molecule has 2 amide bonds. The lowest BCUT2D eigenvalue weighted by Gasteiger charge is -2.22. The van der Waals surface area contributed by atoms with E-state index in [0.717, 1.165) is 11.3 Å². The first-order chi connectivity index (χ1) is 12.0. The lowest BCUT2D eigenvalue weighted by molar-refractivity contribution is -0.123. The van der Waals surface area contributed by atoms with Gasteiger partial charge in [0, 0.05) is 12.6 Å². The maximum absolute atomic E-state index is 12.4. The van der Waals surface area contributed by atoms with Crippen LogP contribution in [0.4, 0.5) is 5.69 Å². The number of carbonyl (C=O) groups excluding carboxylic acids is 2. The third-order valence-corrected chi connectivity index (χ3v) is 3.82. The molecule has 0 bridgehead atoms. The van der Waals surface area contributed by atoms with Gasteiger partial charge in [-0.1, -0.05) is 30.3 Å².